The van der Waals surface area contributed by atoms with Gasteiger partial charge in [0.2, 0.25) is 6.79 Å². The number of hydrogen-bond acceptors (Lipinski definition) is 7. The number of nitrogens with zero attached hydrogens (tertiary/aromatic N) is 2. The van der Waals surface area contributed by atoms with Crippen molar-refractivity contribution < 1.29 is 24.1 Å². The van der Waals surface area contributed by atoms with E-state index in [9.17, 15) is 9.90 Å². The predicted molar refractivity (Wildman–Crippen MR) is 112 cm³/mol. The standard InChI is InChI=1S/C23H25N3O5/c24-12-16-1-3-17(4-2-16)23(28)26-9-7-18(8-10-26)25-13-19(27)14-29-20-5-6-21-22(11-20)31-15-30-21/h1-6,11,18-19,25,27H,7-10,13-15H2. The van der Waals surface area contributed by atoms with Gasteiger partial charge >= 0.3 is 0 Å². The molecule has 0 aromatic heterocycles. The van der Waals surface area contributed by atoms with Crippen LogP contribution in [-0.2, 0) is 0 Å². The Balaban J connectivity index is 1.17. The number of ether oxygens (including phenoxy) is 3. The molecule has 31 heavy (non-hydrogen) atoms. The Morgan fingerprint density at radius 3 is 2.68 bits per heavy atom. The van der Waals surface area contributed by atoms with Crippen molar-refractivity contribution in [1.82, 2.24) is 10.2 Å². The number of nitrogens with one attached hydrogen (secondary N) is 1. The minimum Gasteiger partial charge on any atom is -0.491 e. The minimum absolute atomic E-state index is 0.0138. The van der Waals surface area contributed by atoms with Crippen molar-refractivity contribution in [2.45, 2.75) is 25.0 Å². The van der Waals surface area contributed by atoms with Crippen molar-refractivity contribution in [2.24, 2.45) is 0 Å². The predicted octanol–water partition coefficient (Wildman–Crippen LogP) is 1.92. The van der Waals surface area contributed by atoms with E-state index < -0.39 is 6.10 Å². The summed E-state index contributed by atoms with van der Waals surface area (Å²) in [6.45, 7) is 2.10. The second-order valence-corrected chi connectivity index (χ2v) is 7.64. The lowest BCUT2D eigenvalue weighted by molar-refractivity contribution is 0.0686. The van der Waals surface area contributed by atoms with Crippen molar-refractivity contribution >= 4 is 5.91 Å². The number of benzene rings is 2. The quantitative estimate of drug-likeness (QED) is 0.701. The average Bonchev–Trinajstić information content (AvgIpc) is 3.29. The molecule has 4 rings (SSSR count). The lowest BCUT2D eigenvalue weighted by atomic mass is 10.0. The zero-order valence-electron chi connectivity index (χ0n) is 17.1. The van der Waals surface area contributed by atoms with Gasteiger partial charge in [-0.15, -0.1) is 0 Å². The molecule has 2 aliphatic heterocycles. The monoisotopic (exact) mass is 423 g/mol. The van der Waals surface area contributed by atoms with E-state index in [1.165, 1.54) is 0 Å². The van der Waals surface area contributed by atoms with Crippen molar-refractivity contribution in [3.8, 4) is 23.3 Å². The van der Waals surface area contributed by atoms with E-state index in [0.29, 0.717) is 48.0 Å². The molecule has 0 spiro atoms. The fourth-order valence-corrected chi connectivity index (χ4v) is 3.68. The topological polar surface area (TPSA) is 104 Å². The molecule has 1 fully saturated rings. The summed E-state index contributed by atoms with van der Waals surface area (Å²) < 4.78 is 16.2. The highest BCUT2D eigenvalue weighted by molar-refractivity contribution is 5.94. The van der Waals surface area contributed by atoms with E-state index >= 15 is 0 Å². The lowest BCUT2D eigenvalue weighted by Crippen LogP contribution is -2.47. The summed E-state index contributed by atoms with van der Waals surface area (Å²) in [6, 6.07) is 14.3. The van der Waals surface area contributed by atoms with Gasteiger partial charge in [0.25, 0.3) is 5.91 Å². The SMILES string of the molecule is N#Cc1ccc(C(=O)N2CCC(NCC(O)COc3ccc4c(c3)OCO4)CC2)cc1. The first kappa shape index (κ1) is 21.0. The van der Waals surface area contributed by atoms with Gasteiger partial charge in [-0.05, 0) is 49.2 Å². The Morgan fingerprint density at radius 2 is 1.94 bits per heavy atom. The fourth-order valence-electron chi connectivity index (χ4n) is 3.68. The largest absolute Gasteiger partial charge is 0.491 e. The Labute approximate surface area is 180 Å². The lowest BCUT2D eigenvalue weighted by Gasteiger charge is -2.33. The van der Waals surface area contributed by atoms with Crippen LogP contribution in [0.2, 0.25) is 0 Å². The number of aliphatic hydroxyl groups is 1. The molecule has 1 amide bonds. The summed E-state index contributed by atoms with van der Waals surface area (Å²) in [4.78, 5) is 14.4. The molecule has 0 aliphatic carbocycles. The van der Waals surface area contributed by atoms with E-state index in [1.54, 1.807) is 42.5 Å². The number of hydrogen-bond donors (Lipinski definition) is 2. The van der Waals surface area contributed by atoms with Crippen LogP contribution >= 0.6 is 0 Å². The van der Waals surface area contributed by atoms with Crippen molar-refractivity contribution in [2.75, 3.05) is 33.0 Å². The average molecular weight is 423 g/mol. The summed E-state index contributed by atoms with van der Waals surface area (Å²) in [5.74, 6) is 1.95. The molecule has 2 aliphatic rings. The van der Waals surface area contributed by atoms with Crippen LogP contribution in [0.1, 0.15) is 28.8 Å². The van der Waals surface area contributed by atoms with Gasteiger partial charge in [-0.25, -0.2) is 0 Å². The Hall–Kier alpha value is -3.28. The molecule has 1 saturated heterocycles. The second-order valence-electron chi connectivity index (χ2n) is 7.64. The van der Waals surface area contributed by atoms with Crippen LogP contribution in [0.15, 0.2) is 42.5 Å². The first-order valence-electron chi connectivity index (χ1n) is 10.4. The van der Waals surface area contributed by atoms with E-state index in [2.05, 4.69) is 11.4 Å². The van der Waals surface area contributed by atoms with Crippen molar-refractivity contribution in [3.63, 3.8) is 0 Å². The van der Waals surface area contributed by atoms with Crippen LogP contribution in [0.4, 0.5) is 0 Å². The van der Waals surface area contributed by atoms with Crippen LogP contribution in [-0.4, -0.2) is 61.1 Å². The fraction of sp³-hybridized carbons (Fsp3) is 0.391. The van der Waals surface area contributed by atoms with E-state index in [1.807, 2.05) is 4.90 Å². The van der Waals surface area contributed by atoms with Gasteiger partial charge in [-0.1, -0.05) is 0 Å². The van der Waals surface area contributed by atoms with Crippen LogP contribution < -0.4 is 19.5 Å². The summed E-state index contributed by atoms with van der Waals surface area (Å²) in [5, 5.41) is 22.5. The smallest absolute Gasteiger partial charge is 0.253 e. The van der Waals surface area contributed by atoms with Gasteiger partial charge in [0.05, 0.1) is 11.6 Å². The van der Waals surface area contributed by atoms with Crippen molar-refractivity contribution in [3.05, 3.63) is 53.6 Å². The van der Waals surface area contributed by atoms with Gasteiger partial charge in [0.1, 0.15) is 18.5 Å². The van der Waals surface area contributed by atoms with Crippen LogP contribution in [0.25, 0.3) is 0 Å². The third kappa shape index (κ3) is 5.26. The maximum absolute atomic E-state index is 12.6. The molecule has 1 atom stereocenters. The third-order valence-corrected chi connectivity index (χ3v) is 5.47. The van der Waals surface area contributed by atoms with Crippen molar-refractivity contribution in [1.29, 1.82) is 5.26 Å². The normalized spacial score (nSPS) is 16.6. The molecule has 162 valence electrons. The molecule has 0 radical (unpaired) electrons. The first-order valence-corrected chi connectivity index (χ1v) is 10.4. The molecule has 0 saturated carbocycles. The summed E-state index contributed by atoms with van der Waals surface area (Å²) in [6.07, 6.45) is 0.985. The molecule has 2 aromatic rings. The third-order valence-electron chi connectivity index (χ3n) is 5.47. The number of fused-ring (bicyclic) bond motifs is 1. The highest BCUT2D eigenvalue weighted by atomic mass is 16.7. The second kappa shape index (κ2) is 9.69. The Morgan fingerprint density at radius 1 is 1.19 bits per heavy atom. The molecular weight excluding hydrogens is 398 g/mol. The molecule has 0 bridgehead atoms. The Bertz CT molecular complexity index is 949. The summed E-state index contributed by atoms with van der Waals surface area (Å²) in [5.41, 5.74) is 1.14. The number of piperidine rings is 1. The van der Waals surface area contributed by atoms with Gasteiger partial charge in [0, 0.05) is 37.3 Å². The van der Waals surface area contributed by atoms with Gasteiger partial charge in [0.15, 0.2) is 11.5 Å². The number of rotatable bonds is 7. The maximum atomic E-state index is 12.6. The van der Waals surface area contributed by atoms with Gasteiger partial charge in [-0.3, -0.25) is 4.79 Å². The molecule has 8 heteroatoms. The number of carbonyl (C=O) groups excluding carboxylic acids is 1. The number of aliphatic hydroxyl groups excluding tert-OH is 1. The Kier molecular flexibility index (Phi) is 6.55. The first-order chi connectivity index (χ1) is 15.1. The van der Waals surface area contributed by atoms with E-state index in [-0.39, 0.29) is 25.3 Å². The molecular formula is C23H25N3O5. The molecule has 8 nitrogen and oxygen atoms in total. The zero-order valence-corrected chi connectivity index (χ0v) is 17.1. The number of nitriles is 1. The number of likely N-dealkylation sites (tertiary alicyclic amines) is 1. The zero-order chi connectivity index (χ0) is 21.6. The van der Waals surface area contributed by atoms with E-state index in [0.717, 1.165) is 12.8 Å². The maximum Gasteiger partial charge on any atom is 0.253 e. The highest BCUT2D eigenvalue weighted by Gasteiger charge is 2.24. The molecule has 2 N–H and O–H groups in total. The van der Waals surface area contributed by atoms with Crippen LogP contribution in [0, 0.1) is 11.3 Å². The van der Waals surface area contributed by atoms with Crippen LogP contribution in [0.5, 0.6) is 17.2 Å². The number of carbonyl (C=O) groups is 1. The molecule has 2 heterocycles. The van der Waals surface area contributed by atoms with Gasteiger partial charge in [-0.2, -0.15) is 5.26 Å². The van der Waals surface area contributed by atoms with E-state index in [4.69, 9.17) is 19.5 Å². The highest BCUT2D eigenvalue weighted by Crippen LogP contribution is 2.35. The molecule has 2 aromatic carbocycles. The molecule has 1 unspecified atom stereocenters. The summed E-state index contributed by atoms with van der Waals surface area (Å²) in [7, 11) is 0. The summed E-state index contributed by atoms with van der Waals surface area (Å²) >= 11 is 0. The van der Waals surface area contributed by atoms with Gasteiger partial charge < -0.3 is 29.5 Å². The number of amides is 1. The minimum atomic E-state index is -0.649. The van der Waals surface area contributed by atoms with Crippen LogP contribution in [0.3, 0.4) is 0 Å².